The minimum atomic E-state index is -0.991. The van der Waals surface area contributed by atoms with E-state index in [-0.39, 0.29) is 17.3 Å². The number of fused-ring (bicyclic) bond motifs is 1. The van der Waals surface area contributed by atoms with Crippen LogP contribution in [0.1, 0.15) is 19.9 Å². The summed E-state index contributed by atoms with van der Waals surface area (Å²) >= 11 is 1.33. The van der Waals surface area contributed by atoms with Gasteiger partial charge in [-0.3, -0.25) is 4.79 Å². The average Bonchev–Trinajstić information content (AvgIpc) is 3.54. The lowest BCUT2D eigenvalue weighted by atomic mass is 10.0. The molecule has 0 aliphatic carbocycles. The van der Waals surface area contributed by atoms with Gasteiger partial charge in [0.25, 0.3) is 0 Å². The monoisotopic (exact) mass is 492 g/mol. The van der Waals surface area contributed by atoms with Crippen molar-refractivity contribution in [2.24, 2.45) is 13.0 Å². The molecular weight excluding hydrogens is 470 g/mol. The Labute approximate surface area is 204 Å². The van der Waals surface area contributed by atoms with E-state index < -0.39 is 17.7 Å². The van der Waals surface area contributed by atoms with Gasteiger partial charge >= 0.3 is 0 Å². The van der Waals surface area contributed by atoms with E-state index in [1.807, 2.05) is 62.0 Å². The third-order valence-corrected chi connectivity index (χ3v) is 6.71. The topological polar surface area (TPSA) is 77.6 Å². The number of carbonyl (C=O) groups excluding carboxylic acids is 1. The molecule has 7 nitrogen and oxygen atoms in total. The normalized spacial score (nSPS) is 12.4. The Morgan fingerprint density at radius 2 is 1.83 bits per heavy atom. The Kier molecular flexibility index (Phi) is 5.89. The molecular formula is C25H22F2N6OS. The largest absolute Gasteiger partial charge is 0.333 e. The zero-order valence-electron chi connectivity index (χ0n) is 19.2. The van der Waals surface area contributed by atoms with Gasteiger partial charge in [-0.25, -0.2) is 23.7 Å². The summed E-state index contributed by atoms with van der Waals surface area (Å²) in [5.74, 6) is -1.73. The fraction of sp³-hybridized carbons (Fsp3) is 0.200. The predicted octanol–water partition coefficient (Wildman–Crippen LogP) is 5.67. The van der Waals surface area contributed by atoms with E-state index in [0.717, 1.165) is 28.4 Å². The number of hydrogen-bond donors (Lipinski definition) is 1. The van der Waals surface area contributed by atoms with Crippen LogP contribution in [0.2, 0.25) is 0 Å². The summed E-state index contributed by atoms with van der Waals surface area (Å²) in [5, 5.41) is 3.35. The van der Waals surface area contributed by atoms with Crippen LogP contribution in [0, 0.1) is 17.6 Å². The first-order valence-corrected chi connectivity index (χ1v) is 11.8. The molecule has 35 heavy (non-hydrogen) atoms. The van der Waals surface area contributed by atoms with Crippen LogP contribution < -0.4 is 5.32 Å². The van der Waals surface area contributed by atoms with Crippen LogP contribution in [0.4, 0.5) is 13.9 Å². The smallest absolute Gasteiger partial charge is 0.249 e. The number of carbonyl (C=O) groups is 1. The first-order chi connectivity index (χ1) is 16.8. The fourth-order valence-corrected chi connectivity index (χ4v) is 5.11. The minimum absolute atomic E-state index is 0.164. The number of hydrogen-bond acceptors (Lipinski definition) is 5. The van der Waals surface area contributed by atoms with Crippen molar-refractivity contribution in [3.63, 3.8) is 0 Å². The van der Waals surface area contributed by atoms with Gasteiger partial charge in [0.05, 0.1) is 27.9 Å². The van der Waals surface area contributed by atoms with Gasteiger partial charge in [0.15, 0.2) is 22.6 Å². The maximum atomic E-state index is 14.0. The highest BCUT2D eigenvalue weighted by Crippen LogP contribution is 2.38. The first-order valence-electron chi connectivity index (χ1n) is 11.0. The van der Waals surface area contributed by atoms with Gasteiger partial charge in [-0.15, -0.1) is 0 Å². The third kappa shape index (κ3) is 4.21. The summed E-state index contributed by atoms with van der Waals surface area (Å²) in [6, 6.07) is 11.1. The van der Waals surface area contributed by atoms with Crippen LogP contribution in [-0.4, -0.2) is 30.0 Å². The molecule has 1 amide bonds. The van der Waals surface area contributed by atoms with Gasteiger partial charge in [0.1, 0.15) is 6.04 Å². The maximum Gasteiger partial charge on any atom is 0.249 e. The van der Waals surface area contributed by atoms with Crippen molar-refractivity contribution in [2.75, 3.05) is 5.32 Å². The summed E-state index contributed by atoms with van der Waals surface area (Å²) in [7, 11) is 1.90. The number of benzene rings is 2. The zero-order valence-corrected chi connectivity index (χ0v) is 20.1. The predicted molar refractivity (Wildman–Crippen MR) is 132 cm³/mol. The van der Waals surface area contributed by atoms with E-state index in [9.17, 15) is 13.6 Å². The highest BCUT2D eigenvalue weighted by molar-refractivity contribution is 7.19. The number of amides is 1. The molecule has 5 aromatic rings. The van der Waals surface area contributed by atoms with Crippen molar-refractivity contribution in [3.8, 4) is 22.0 Å². The Morgan fingerprint density at radius 3 is 2.51 bits per heavy atom. The molecule has 0 aliphatic heterocycles. The van der Waals surface area contributed by atoms with E-state index in [0.29, 0.717) is 16.3 Å². The van der Waals surface area contributed by atoms with Crippen LogP contribution in [0.25, 0.3) is 33.0 Å². The molecule has 3 heterocycles. The molecule has 2 aromatic carbocycles. The molecule has 10 heteroatoms. The summed E-state index contributed by atoms with van der Waals surface area (Å²) in [6.45, 7) is 3.76. The second-order valence-electron chi connectivity index (χ2n) is 8.51. The van der Waals surface area contributed by atoms with E-state index in [1.54, 1.807) is 10.8 Å². The van der Waals surface area contributed by atoms with Gasteiger partial charge in [-0.05, 0) is 5.92 Å². The molecule has 3 aromatic heterocycles. The Balaban J connectivity index is 1.53. The number of imidazole rings is 2. The number of anilines is 1. The van der Waals surface area contributed by atoms with Gasteiger partial charge < -0.3 is 14.5 Å². The molecule has 178 valence electrons. The van der Waals surface area contributed by atoms with Crippen LogP contribution in [0.5, 0.6) is 0 Å². The Morgan fingerprint density at radius 1 is 1.09 bits per heavy atom. The molecule has 1 N–H and O–H groups in total. The van der Waals surface area contributed by atoms with Crippen molar-refractivity contribution < 1.29 is 13.6 Å². The van der Waals surface area contributed by atoms with Crippen molar-refractivity contribution in [2.45, 2.75) is 19.9 Å². The number of nitrogens with one attached hydrogen (secondary N) is 1. The van der Waals surface area contributed by atoms with E-state index in [2.05, 4.69) is 15.3 Å². The van der Waals surface area contributed by atoms with E-state index in [1.165, 1.54) is 17.7 Å². The zero-order chi connectivity index (χ0) is 24.7. The highest BCUT2D eigenvalue weighted by atomic mass is 32.1. The van der Waals surface area contributed by atoms with Gasteiger partial charge in [0, 0.05) is 37.1 Å². The number of rotatable bonds is 6. The summed E-state index contributed by atoms with van der Waals surface area (Å²) in [4.78, 5) is 27.7. The van der Waals surface area contributed by atoms with Crippen LogP contribution in [0.15, 0.2) is 61.2 Å². The SMILES string of the molecule is CC(C)C(C(=O)Nc1nc(-c2ccccc2)c(-c2nccn2C)s1)n1cnc2cc(F)c(F)cc21. The molecule has 0 fully saturated rings. The van der Waals surface area contributed by atoms with Crippen molar-refractivity contribution in [1.29, 1.82) is 0 Å². The van der Waals surface area contributed by atoms with Crippen molar-refractivity contribution >= 4 is 33.4 Å². The molecule has 0 aliphatic rings. The first kappa shape index (κ1) is 22.9. The number of aromatic nitrogens is 5. The van der Waals surface area contributed by atoms with Crippen molar-refractivity contribution in [3.05, 3.63) is 72.8 Å². The summed E-state index contributed by atoms with van der Waals surface area (Å²) in [6.07, 6.45) is 5.00. The summed E-state index contributed by atoms with van der Waals surface area (Å²) in [5.41, 5.74) is 2.24. The number of halogens is 2. The fourth-order valence-electron chi connectivity index (χ4n) is 4.08. The number of aryl methyl sites for hydroxylation is 1. The van der Waals surface area contributed by atoms with Gasteiger partial charge in [-0.1, -0.05) is 55.5 Å². The average molecular weight is 493 g/mol. The highest BCUT2D eigenvalue weighted by Gasteiger charge is 2.28. The van der Waals surface area contributed by atoms with Crippen LogP contribution in [0.3, 0.4) is 0 Å². The molecule has 0 spiro atoms. The van der Waals surface area contributed by atoms with Gasteiger partial charge in [-0.2, -0.15) is 0 Å². The van der Waals surface area contributed by atoms with Crippen LogP contribution >= 0.6 is 11.3 Å². The Bertz CT molecular complexity index is 1520. The maximum absolute atomic E-state index is 14.0. The minimum Gasteiger partial charge on any atom is -0.333 e. The lowest BCUT2D eigenvalue weighted by Gasteiger charge is -2.22. The molecule has 1 unspecified atom stereocenters. The van der Waals surface area contributed by atoms with Crippen molar-refractivity contribution in [1.82, 2.24) is 24.1 Å². The van der Waals surface area contributed by atoms with Gasteiger partial charge in [0.2, 0.25) is 5.91 Å². The molecule has 0 radical (unpaired) electrons. The molecule has 0 saturated carbocycles. The molecule has 5 rings (SSSR count). The molecule has 0 bridgehead atoms. The quantitative estimate of drug-likeness (QED) is 0.331. The standard InChI is InChI=1S/C25H22F2N6OS/c1-14(2)21(33-13-29-18-11-16(26)17(27)12-19(18)33)24(34)31-25-30-20(15-7-5-4-6-8-15)22(35-25)23-28-9-10-32(23)3/h4-14,21H,1-3H3,(H,30,31,34). The molecule has 0 saturated heterocycles. The third-order valence-electron chi connectivity index (χ3n) is 5.75. The molecule has 1 atom stereocenters. The number of nitrogens with zero attached hydrogens (tertiary/aromatic N) is 5. The second kappa shape index (κ2) is 9.03. The Hall–Kier alpha value is -3.92. The lowest BCUT2D eigenvalue weighted by molar-refractivity contribution is -0.120. The van der Waals surface area contributed by atoms with Crippen LogP contribution in [-0.2, 0) is 11.8 Å². The second-order valence-corrected chi connectivity index (χ2v) is 9.51. The summed E-state index contributed by atoms with van der Waals surface area (Å²) < 4.78 is 31.1. The van der Waals surface area contributed by atoms with E-state index >= 15 is 0 Å². The lowest BCUT2D eigenvalue weighted by Crippen LogP contribution is -2.29. The number of thiazole rings is 1. The van der Waals surface area contributed by atoms with E-state index in [4.69, 9.17) is 4.98 Å².